The van der Waals surface area contributed by atoms with Gasteiger partial charge in [-0.3, -0.25) is 4.90 Å². The fourth-order valence-electron chi connectivity index (χ4n) is 5.56. The number of carbonyl (C=O) groups is 1. The van der Waals surface area contributed by atoms with Gasteiger partial charge >= 0.3 is 5.97 Å². The fraction of sp³-hybridized carbons (Fsp3) is 0.536. The average molecular weight is 491 g/mol. The van der Waals surface area contributed by atoms with Crippen molar-refractivity contribution < 1.29 is 19.4 Å². The van der Waals surface area contributed by atoms with E-state index >= 15 is 0 Å². The molecule has 2 aromatic heterocycles. The average Bonchev–Trinajstić information content (AvgIpc) is 3.26. The van der Waals surface area contributed by atoms with Gasteiger partial charge in [0, 0.05) is 25.2 Å². The molecule has 2 aliphatic carbocycles. The van der Waals surface area contributed by atoms with Crippen molar-refractivity contribution >= 4 is 17.0 Å². The number of ether oxygens (including phenoxy) is 2. The maximum Gasteiger partial charge on any atom is 0.354 e. The fourth-order valence-corrected chi connectivity index (χ4v) is 5.56. The molecule has 1 N–H and O–H groups in total. The molecule has 2 saturated carbocycles. The third kappa shape index (κ3) is 4.72. The van der Waals surface area contributed by atoms with Crippen LogP contribution in [-0.4, -0.2) is 63.1 Å². The van der Waals surface area contributed by atoms with Crippen LogP contribution in [0.25, 0.3) is 22.2 Å². The number of nitrogens with zero attached hydrogens (tertiary/aromatic N) is 4. The Morgan fingerprint density at radius 2 is 1.78 bits per heavy atom. The zero-order valence-corrected chi connectivity index (χ0v) is 20.7. The lowest BCUT2D eigenvalue weighted by atomic mass is 9.95. The van der Waals surface area contributed by atoms with Crippen molar-refractivity contribution in [3.63, 3.8) is 0 Å². The quantitative estimate of drug-likeness (QED) is 0.495. The second-order valence-corrected chi connectivity index (χ2v) is 10.4. The minimum absolute atomic E-state index is 0.0436. The first kappa shape index (κ1) is 23.4. The molecule has 36 heavy (non-hydrogen) atoms. The zero-order chi connectivity index (χ0) is 24.5. The lowest BCUT2D eigenvalue weighted by Crippen LogP contribution is -2.35. The molecule has 0 bridgehead atoms. The molecule has 0 atom stereocenters. The summed E-state index contributed by atoms with van der Waals surface area (Å²) in [6.45, 7) is 4.32. The molecular weight excluding hydrogens is 456 g/mol. The van der Waals surface area contributed by atoms with Crippen LogP contribution in [0.3, 0.4) is 0 Å². The van der Waals surface area contributed by atoms with E-state index in [0.717, 1.165) is 87.9 Å². The molecule has 8 nitrogen and oxygen atoms in total. The summed E-state index contributed by atoms with van der Waals surface area (Å²) in [5, 5.41) is 15.7. The Hall–Kier alpha value is -2.97. The summed E-state index contributed by atoms with van der Waals surface area (Å²) in [6, 6.07) is 10.3. The number of hydrogen-bond donors (Lipinski definition) is 1. The van der Waals surface area contributed by atoms with Crippen molar-refractivity contribution in [3.05, 3.63) is 41.6 Å². The number of aromatic nitrogens is 3. The van der Waals surface area contributed by atoms with Crippen molar-refractivity contribution in [2.75, 3.05) is 26.3 Å². The summed E-state index contributed by atoms with van der Waals surface area (Å²) in [5.74, 6) is -0.433. The monoisotopic (exact) mass is 490 g/mol. The first-order valence-corrected chi connectivity index (χ1v) is 13.4. The van der Waals surface area contributed by atoms with Gasteiger partial charge in [-0.15, -0.1) is 5.10 Å². The van der Waals surface area contributed by atoms with Gasteiger partial charge in [-0.25, -0.2) is 14.5 Å². The number of pyridine rings is 1. The van der Waals surface area contributed by atoms with Gasteiger partial charge in [0.15, 0.2) is 11.3 Å². The lowest BCUT2D eigenvalue weighted by molar-refractivity contribution is 0.0342. The Morgan fingerprint density at radius 3 is 2.44 bits per heavy atom. The highest BCUT2D eigenvalue weighted by Crippen LogP contribution is 2.40. The maximum absolute atomic E-state index is 12.1. The van der Waals surface area contributed by atoms with Gasteiger partial charge < -0.3 is 14.6 Å². The van der Waals surface area contributed by atoms with Gasteiger partial charge in [0.2, 0.25) is 5.88 Å². The second kappa shape index (κ2) is 10.2. The minimum Gasteiger partial charge on any atom is -0.477 e. The largest absolute Gasteiger partial charge is 0.477 e. The summed E-state index contributed by atoms with van der Waals surface area (Å²) >= 11 is 0. The highest BCUT2D eigenvalue weighted by molar-refractivity contribution is 6.01. The summed E-state index contributed by atoms with van der Waals surface area (Å²) in [7, 11) is 0. The Balaban J connectivity index is 1.42. The number of hydrogen-bond acceptors (Lipinski definition) is 6. The van der Waals surface area contributed by atoms with Crippen molar-refractivity contribution in [1.82, 2.24) is 19.7 Å². The number of benzene rings is 1. The zero-order valence-electron chi connectivity index (χ0n) is 20.7. The van der Waals surface area contributed by atoms with Gasteiger partial charge in [-0.2, -0.15) is 0 Å². The molecule has 6 rings (SSSR count). The van der Waals surface area contributed by atoms with E-state index in [9.17, 15) is 9.90 Å². The smallest absolute Gasteiger partial charge is 0.354 e. The Morgan fingerprint density at radius 1 is 1.03 bits per heavy atom. The van der Waals surface area contributed by atoms with Crippen molar-refractivity contribution in [2.24, 2.45) is 0 Å². The van der Waals surface area contributed by atoms with E-state index in [-0.39, 0.29) is 17.8 Å². The standard InChI is InChI=1S/C28H34N4O4/c33-28(34)24-17-23(20-11-9-19(10-12-20)18-31-13-15-35-16-14-31)25-26(29-24)32(21-5-2-1-3-6-21)30-27(25)36-22-7-4-8-22/h9-12,17,21-22H,1-8,13-16,18H2,(H,33,34). The molecule has 3 aromatic rings. The third-order valence-corrected chi connectivity index (χ3v) is 7.87. The number of carboxylic acids is 1. The maximum atomic E-state index is 12.1. The SMILES string of the molecule is O=C(O)c1cc(-c2ccc(CN3CCOCC3)cc2)c2c(OC3CCC3)nn(C3CCCCC3)c2n1. The molecule has 1 aromatic carbocycles. The molecule has 3 heterocycles. The number of fused-ring (bicyclic) bond motifs is 1. The first-order chi connectivity index (χ1) is 17.7. The van der Waals surface area contributed by atoms with Gasteiger partial charge in [0.25, 0.3) is 0 Å². The second-order valence-electron chi connectivity index (χ2n) is 10.4. The summed E-state index contributed by atoms with van der Waals surface area (Å²) in [6.07, 6.45) is 9.01. The van der Waals surface area contributed by atoms with Crippen LogP contribution in [0.5, 0.6) is 5.88 Å². The number of carboxylic acid groups (broad SMARTS) is 1. The van der Waals surface area contributed by atoms with E-state index in [2.05, 4.69) is 34.1 Å². The number of aromatic carboxylic acids is 1. The van der Waals surface area contributed by atoms with Gasteiger partial charge in [-0.05, 0) is 49.3 Å². The summed E-state index contributed by atoms with van der Waals surface area (Å²) < 4.78 is 13.8. The predicted octanol–water partition coefficient (Wildman–Crippen LogP) is 5.07. The molecule has 1 saturated heterocycles. The molecule has 8 heteroatoms. The molecule has 0 radical (unpaired) electrons. The highest BCUT2D eigenvalue weighted by Gasteiger charge is 2.29. The first-order valence-electron chi connectivity index (χ1n) is 13.4. The predicted molar refractivity (Wildman–Crippen MR) is 136 cm³/mol. The van der Waals surface area contributed by atoms with Crippen LogP contribution in [0.1, 0.15) is 73.5 Å². The molecule has 0 amide bonds. The van der Waals surface area contributed by atoms with Gasteiger partial charge in [0.05, 0.1) is 24.6 Å². The normalized spacial score (nSPS) is 19.9. The molecule has 0 spiro atoms. The Kier molecular flexibility index (Phi) is 6.63. The molecule has 1 aliphatic heterocycles. The Labute approximate surface area is 211 Å². The molecular formula is C28H34N4O4. The highest BCUT2D eigenvalue weighted by atomic mass is 16.5. The van der Waals surface area contributed by atoms with Crippen LogP contribution in [0.4, 0.5) is 0 Å². The molecule has 3 fully saturated rings. The van der Waals surface area contributed by atoms with Crippen LogP contribution in [0, 0.1) is 0 Å². The molecule has 0 unspecified atom stereocenters. The van der Waals surface area contributed by atoms with E-state index < -0.39 is 5.97 Å². The van der Waals surface area contributed by atoms with Crippen LogP contribution in [-0.2, 0) is 11.3 Å². The molecule has 3 aliphatic rings. The van der Waals surface area contributed by atoms with Crippen LogP contribution in [0.15, 0.2) is 30.3 Å². The van der Waals surface area contributed by atoms with E-state index in [1.165, 1.54) is 18.4 Å². The number of rotatable bonds is 7. The van der Waals surface area contributed by atoms with E-state index in [4.69, 9.17) is 14.6 Å². The van der Waals surface area contributed by atoms with E-state index in [0.29, 0.717) is 11.5 Å². The summed E-state index contributed by atoms with van der Waals surface area (Å²) in [4.78, 5) is 19.1. The van der Waals surface area contributed by atoms with Gasteiger partial charge in [-0.1, -0.05) is 43.5 Å². The topological polar surface area (TPSA) is 89.7 Å². The third-order valence-electron chi connectivity index (χ3n) is 7.87. The van der Waals surface area contributed by atoms with E-state index in [1.54, 1.807) is 6.07 Å². The van der Waals surface area contributed by atoms with Crippen molar-refractivity contribution in [2.45, 2.75) is 70.1 Å². The van der Waals surface area contributed by atoms with Crippen LogP contribution >= 0.6 is 0 Å². The van der Waals surface area contributed by atoms with Crippen molar-refractivity contribution in [3.8, 4) is 17.0 Å². The number of morpholine rings is 1. The van der Waals surface area contributed by atoms with E-state index in [1.807, 2.05) is 4.68 Å². The lowest BCUT2D eigenvalue weighted by Gasteiger charge is -2.26. The van der Waals surface area contributed by atoms with Gasteiger partial charge in [0.1, 0.15) is 6.10 Å². The van der Waals surface area contributed by atoms with Crippen LogP contribution in [0.2, 0.25) is 0 Å². The van der Waals surface area contributed by atoms with Crippen LogP contribution < -0.4 is 4.74 Å². The summed E-state index contributed by atoms with van der Waals surface area (Å²) in [5.41, 5.74) is 3.68. The Bertz CT molecular complexity index is 1220. The van der Waals surface area contributed by atoms with Crippen molar-refractivity contribution in [1.29, 1.82) is 0 Å². The molecule has 190 valence electrons. The minimum atomic E-state index is -1.03.